The third kappa shape index (κ3) is 3.16. The standard InChI is InChI=1S/C17H27NO5/c1-16(2,22-10-13(20)18-8-4-5-9-18)15-14(21-3)12(19)6-7-17(15)11-23-17/h14-15H,4-11H2,1-3H3. The van der Waals surface area contributed by atoms with Gasteiger partial charge in [0, 0.05) is 26.6 Å². The predicted molar refractivity (Wildman–Crippen MR) is 83.1 cm³/mol. The molecule has 23 heavy (non-hydrogen) atoms. The van der Waals surface area contributed by atoms with Gasteiger partial charge in [-0.3, -0.25) is 9.59 Å². The minimum absolute atomic E-state index is 0.0254. The lowest BCUT2D eigenvalue weighted by atomic mass is 9.68. The number of hydrogen-bond acceptors (Lipinski definition) is 5. The van der Waals surface area contributed by atoms with Crippen LogP contribution in [0.2, 0.25) is 0 Å². The van der Waals surface area contributed by atoms with Crippen LogP contribution >= 0.6 is 0 Å². The fourth-order valence-electron chi connectivity index (χ4n) is 4.17. The SMILES string of the molecule is COC1C(=O)CCC2(CO2)C1C(C)(C)OCC(=O)N1CCCC1. The van der Waals surface area contributed by atoms with E-state index in [4.69, 9.17) is 14.2 Å². The van der Waals surface area contributed by atoms with Gasteiger partial charge in [-0.15, -0.1) is 0 Å². The molecule has 6 heteroatoms. The second-order valence-corrected chi connectivity index (χ2v) is 7.43. The van der Waals surface area contributed by atoms with Crippen molar-refractivity contribution in [3.05, 3.63) is 0 Å². The summed E-state index contributed by atoms with van der Waals surface area (Å²) in [5, 5.41) is 0. The molecule has 6 nitrogen and oxygen atoms in total. The number of hydrogen-bond donors (Lipinski definition) is 0. The van der Waals surface area contributed by atoms with Crippen molar-refractivity contribution in [2.24, 2.45) is 5.92 Å². The maximum Gasteiger partial charge on any atom is 0.248 e. The summed E-state index contributed by atoms with van der Waals surface area (Å²) in [5.74, 6) is -0.0637. The zero-order valence-electron chi connectivity index (χ0n) is 14.3. The molecule has 1 amide bonds. The van der Waals surface area contributed by atoms with Crippen LogP contribution in [0.15, 0.2) is 0 Å². The van der Waals surface area contributed by atoms with Crippen molar-refractivity contribution in [2.75, 3.05) is 33.4 Å². The zero-order valence-corrected chi connectivity index (χ0v) is 14.3. The molecule has 1 saturated carbocycles. The largest absolute Gasteiger partial charge is 0.373 e. The van der Waals surface area contributed by atoms with Gasteiger partial charge in [-0.1, -0.05) is 0 Å². The molecule has 3 fully saturated rings. The lowest BCUT2D eigenvalue weighted by Gasteiger charge is -2.44. The molecule has 0 radical (unpaired) electrons. The summed E-state index contributed by atoms with van der Waals surface area (Å²) >= 11 is 0. The number of amides is 1. The van der Waals surface area contributed by atoms with Crippen molar-refractivity contribution >= 4 is 11.7 Å². The van der Waals surface area contributed by atoms with Gasteiger partial charge in [0.2, 0.25) is 5.91 Å². The number of carbonyl (C=O) groups excluding carboxylic acids is 2. The smallest absolute Gasteiger partial charge is 0.248 e. The molecule has 3 unspecified atom stereocenters. The van der Waals surface area contributed by atoms with Gasteiger partial charge in [0.25, 0.3) is 0 Å². The first-order valence-electron chi connectivity index (χ1n) is 8.51. The van der Waals surface area contributed by atoms with Gasteiger partial charge >= 0.3 is 0 Å². The highest BCUT2D eigenvalue weighted by molar-refractivity contribution is 5.85. The molecular formula is C17H27NO5. The highest BCUT2D eigenvalue weighted by atomic mass is 16.6. The van der Waals surface area contributed by atoms with E-state index in [1.165, 1.54) is 0 Å². The summed E-state index contributed by atoms with van der Waals surface area (Å²) < 4.78 is 17.2. The van der Waals surface area contributed by atoms with Gasteiger partial charge in [0.1, 0.15) is 18.3 Å². The average molecular weight is 325 g/mol. The molecule has 2 aliphatic heterocycles. The number of rotatable bonds is 5. The maximum absolute atomic E-state index is 12.2. The molecule has 130 valence electrons. The molecule has 0 bridgehead atoms. The van der Waals surface area contributed by atoms with E-state index in [2.05, 4.69) is 0 Å². The van der Waals surface area contributed by atoms with Crippen LogP contribution in [-0.4, -0.2) is 67.3 Å². The minimum atomic E-state index is -0.664. The summed E-state index contributed by atoms with van der Waals surface area (Å²) in [4.78, 5) is 26.3. The number of methoxy groups -OCH3 is 1. The van der Waals surface area contributed by atoms with Gasteiger partial charge in [0.15, 0.2) is 5.78 Å². The summed E-state index contributed by atoms with van der Waals surface area (Å²) in [5.41, 5.74) is -0.989. The molecule has 0 aromatic carbocycles. The Kier molecular flexibility index (Phi) is 4.51. The van der Waals surface area contributed by atoms with Crippen LogP contribution in [0.3, 0.4) is 0 Å². The quantitative estimate of drug-likeness (QED) is 0.710. The van der Waals surface area contributed by atoms with Crippen molar-refractivity contribution < 1.29 is 23.8 Å². The molecule has 0 aromatic rings. The van der Waals surface area contributed by atoms with E-state index in [9.17, 15) is 9.59 Å². The summed E-state index contributed by atoms with van der Waals surface area (Å²) in [6.07, 6.45) is 2.80. The first-order valence-corrected chi connectivity index (χ1v) is 8.51. The van der Waals surface area contributed by atoms with E-state index in [0.717, 1.165) is 25.9 Å². The third-order valence-corrected chi connectivity index (χ3v) is 5.53. The van der Waals surface area contributed by atoms with Crippen LogP contribution in [0.5, 0.6) is 0 Å². The Morgan fingerprint density at radius 1 is 1.39 bits per heavy atom. The summed E-state index contributed by atoms with van der Waals surface area (Å²) in [6.45, 7) is 6.18. The highest BCUT2D eigenvalue weighted by Crippen LogP contribution is 2.51. The van der Waals surface area contributed by atoms with Crippen molar-refractivity contribution in [2.45, 2.75) is 56.8 Å². The maximum atomic E-state index is 12.2. The average Bonchev–Trinajstić information content (AvgIpc) is 3.06. The van der Waals surface area contributed by atoms with Crippen LogP contribution in [0, 0.1) is 5.92 Å². The number of epoxide rings is 1. The van der Waals surface area contributed by atoms with E-state index in [0.29, 0.717) is 19.4 Å². The normalized spacial score (nSPS) is 34.2. The van der Waals surface area contributed by atoms with Gasteiger partial charge in [-0.25, -0.2) is 0 Å². The van der Waals surface area contributed by atoms with Crippen LogP contribution in [0.1, 0.15) is 39.5 Å². The Labute approximate surface area is 137 Å². The van der Waals surface area contributed by atoms with E-state index in [1.54, 1.807) is 7.11 Å². The van der Waals surface area contributed by atoms with E-state index in [-0.39, 0.29) is 29.8 Å². The number of Topliss-reactive ketones (excluding diaryl/α,β-unsaturated/α-hetero) is 1. The first kappa shape index (κ1) is 16.9. The Morgan fingerprint density at radius 2 is 2.04 bits per heavy atom. The van der Waals surface area contributed by atoms with Crippen LogP contribution in [0.4, 0.5) is 0 Å². The van der Waals surface area contributed by atoms with Gasteiger partial charge in [-0.2, -0.15) is 0 Å². The zero-order chi connectivity index (χ0) is 16.7. The number of ketones is 1. The fraction of sp³-hybridized carbons (Fsp3) is 0.882. The van der Waals surface area contributed by atoms with Crippen LogP contribution < -0.4 is 0 Å². The third-order valence-electron chi connectivity index (χ3n) is 5.53. The topological polar surface area (TPSA) is 68.4 Å². The second kappa shape index (κ2) is 6.15. The second-order valence-electron chi connectivity index (χ2n) is 7.43. The van der Waals surface area contributed by atoms with Crippen molar-refractivity contribution in [3.8, 4) is 0 Å². The fourth-order valence-corrected chi connectivity index (χ4v) is 4.17. The van der Waals surface area contributed by atoms with Crippen molar-refractivity contribution in [1.29, 1.82) is 0 Å². The monoisotopic (exact) mass is 325 g/mol. The molecule has 2 saturated heterocycles. The minimum Gasteiger partial charge on any atom is -0.373 e. The van der Waals surface area contributed by atoms with E-state index < -0.39 is 11.7 Å². The number of nitrogens with zero attached hydrogens (tertiary/aromatic N) is 1. The summed E-state index contributed by atoms with van der Waals surface area (Å²) in [6, 6.07) is 0. The van der Waals surface area contributed by atoms with Crippen LogP contribution in [0.25, 0.3) is 0 Å². The molecule has 0 aromatic heterocycles. The van der Waals surface area contributed by atoms with Gasteiger partial charge in [0.05, 0.1) is 18.1 Å². The first-order chi connectivity index (χ1) is 10.9. The van der Waals surface area contributed by atoms with Crippen molar-refractivity contribution in [3.63, 3.8) is 0 Å². The molecule has 3 rings (SSSR count). The molecule has 1 spiro atoms. The number of likely N-dealkylation sites (tertiary alicyclic amines) is 1. The Balaban J connectivity index is 1.68. The van der Waals surface area contributed by atoms with Gasteiger partial charge in [-0.05, 0) is 33.1 Å². The Bertz CT molecular complexity index is 479. The van der Waals surface area contributed by atoms with E-state index >= 15 is 0 Å². The molecule has 3 atom stereocenters. The molecule has 2 heterocycles. The Morgan fingerprint density at radius 3 is 2.61 bits per heavy atom. The van der Waals surface area contributed by atoms with Gasteiger partial charge < -0.3 is 19.1 Å². The van der Waals surface area contributed by atoms with E-state index in [1.807, 2.05) is 18.7 Å². The molecule has 3 aliphatic rings. The molecular weight excluding hydrogens is 298 g/mol. The number of ether oxygens (including phenoxy) is 3. The molecule has 0 N–H and O–H groups in total. The predicted octanol–water partition coefficient (Wildman–Crippen LogP) is 1.17. The number of carbonyl (C=O) groups is 2. The lowest BCUT2D eigenvalue weighted by Crippen LogP contribution is -2.57. The highest BCUT2D eigenvalue weighted by Gasteiger charge is 2.63. The van der Waals surface area contributed by atoms with Crippen molar-refractivity contribution in [1.82, 2.24) is 4.90 Å². The molecule has 1 aliphatic carbocycles. The van der Waals surface area contributed by atoms with Crippen LogP contribution in [-0.2, 0) is 23.8 Å². The Hall–Kier alpha value is -0.980. The lowest BCUT2D eigenvalue weighted by molar-refractivity contribution is -0.169. The summed E-state index contributed by atoms with van der Waals surface area (Å²) in [7, 11) is 1.56.